The van der Waals surface area contributed by atoms with Gasteiger partial charge in [-0.2, -0.15) is 13.2 Å². The Morgan fingerprint density at radius 3 is 2.69 bits per heavy atom. The molecule has 29 heavy (non-hydrogen) atoms. The summed E-state index contributed by atoms with van der Waals surface area (Å²) in [4.78, 5) is 8.77. The van der Waals surface area contributed by atoms with Crippen molar-refractivity contribution in [2.45, 2.75) is 19.3 Å². The van der Waals surface area contributed by atoms with Gasteiger partial charge < -0.3 is 19.5 Å². The van der Waals surface area contributed by atoms with Gasteiger partial charge in [-0.15, -0.1) is 0 Å². The Morgan fingerprint density at radius 2 is 2.03 bits per heavy atom. The molecule has 1 saturated heterocycles. The van der Waals surface area contributed by atoms with Crippen LogP contribution in [0.25, 0.3) is 0 Å². The first-order valence-electron chi connectivity index (χ1n) is 9.28. The molecule has 1 fully saturated rings. The third-order valence-corrected chi connectivity index (χ3v) is 4.51. The Bertz CT molecular complexity index is 787. The minimum Gasteiger partial charge on any atom is -0.484 e. The first-order valence-corrected chi connectivity index (χ1v) is 9.28. The van der Waals surface area contributed by atoms with Crippen LogP contribution in [0.4, 0.5) is 13.2 Å². The number of aromatic nitrogens is 1. The Kier molecular flexibility index (Phi) is 6.97. The summed E-state index contributed by atoms with van der Waals surface area (Å²) >= 11 is 0. The maximum absolute atomic E-state index is 12.3. The molecule has 2 heterocycles. The first kappa shape index (κ1) is 21.0. The van der Waals surface area contributed by atoms with Crippen LogP contribution >= 0.6 is 0 Å². The number of hydrogen-bond acceptors (Lipinski definition) is 5. The van der Waals surface area contributed by atoms with E-state index in [1.807, 2.05) is 12.1 Å². The third-order valence-electron chi connectivity index (χ3n) is 4.51. The number of ether oxygens (including phenoxy) is 1. The van der Waals surface area contributed by atoms with E-state index < -0.39 is 12.8 Å². The summed E-state index contributed by atoms with van der Waals surface area (Å²) in [6, 6.07) is 8.48. The number of aliphatic imine (C=N–C) groups is 1. The summed E-state index contributed by atoms with van der Waals surface area (Å²) in [5.41, 5.74) is 1.73. The van der Waals surface area contributed by atoms with E-state index in [2.05, 4.69) is 25.3 Å². The van der Waals surface area contributed by atoms with Gasteiger partial charge in [0.05, 0.1) is 5.69 Å². The van der Waals surface area contributed by atoms with Gasteiger partial charge >= 0.3 is 6.18 Å². The average Bonchev–Trinajstić information content (AvgIpc) is 3.21. The van der Waals surface area contributed by atoms with E-state index in [1.165, 1.54) is 6.07 Å². The highest BCUT2D eigenvalue weighted by molar-refractivity contribution is 5.80. The lowest BCUT2D eigenvalue weighted by atomic mass is 10.2. The number of hydrogen-bond donors (Lipinski definition) is 1. The fraction of sp³-hybridized carbons (Fsp3) is 0.474. The molecule has 0 spiro atoms. The zero-order valence-corrected chi connectivity index (χ0v) is 16.2. The second-order valence-corrected chi connectivity index (χ2v) is 6.71. The van der Waals surface area contributed by atoms with Crippen molar-refractivity contribution >= 4 is 5.96 Å². The molecule has 1 aliphatic rings. The molecule has 158 valence electrons. The summed E-state index contributed by atoms with van der Waals surface area (Å²) < 4.78 is 46.6. The van der Waals surface area contributed by atoms with E-state index in [0.29, 0.717) is 6.54 Å². The van der Waals surface area contributed by atoms with Crippen LogP contribution in [0.15, 0.2) is 46.1 Å². The fourth-order valence-electron chi connectivity index (χ4n) is 3.09. The molecule has 10 heteroatoms. The molecule has 2 aromatic rings. The number of benzene rings is 1. The van der Waals surface area contributed by atoms with Crippen molar-refractivity contribution in [3.8, 4) is 5.75 Å². The minimum atomic E-state index is -4.36. The van der Waals surface area contributed by atoms with Crippen LogP contribution in [0, 0.1) is 0 Å². The van der Waals surface area contributed by atoms with Crippen molar-refractivity contribution in [2.24, 2.45) is 4.99 Å². The number of rotatable bonds is 6. The van der Waals surface area contributed by atoms with Gasteiger partial charge in [-0.05, 0) is 17.7 Å². The Labute approximate surface area is 167 Å². The van der Waals surface area contributed by atoms with Crippen LogP contribution in [0.2, 0.25) is 0 Å². The molecular weight excluding hydrogens is 387 g/mol. The monoisotopic (exact) mass is 411 g/mol. The van der Waals surface area contributed by atoms with Gasteiger partial charge in [-0.3, -0.25) is 9.89 Å². The van der Waals surface area contributed by atoms with Crippen LogP contribution in [-0.4, -0.2) is 66.9 Å². The van der Waals surface area contributed by atoms with Gasteiger partial charge in [0.15, 0.2) is 12.6 Å². The zero-order chi connectivity index (χ0) is 20.7. The lowest BCUT2D eigenvalue weighted by molar-refractivity contribution is -0.153. The van der Waals surface area contributed by atoms with E-state index >= 15 is 0 Å². The van der Waals surface area contributed by atoms with Crippen molar-refractivity contribution in [2.75, 3.05) is 39.8 Å². The fourth-order valence-corrected chi connectivity index (χ4v) is 3.09. The van der Waals surface area contributed by atoms with Crippen molar-refractivity contribution in [3.05, 3.63) is 47.9 Å². The van der Waals surface area contributed by atoms with Gasteiger partial charge in [-0.25, -0.2) is 0 Å². The Morgan fingerprint density at radius 1 is 1.24 bits per heavy atom. The topological polar surface area (TPSA) is 66.1 Å². The molecule has 1 N–H and O–H groups in total. The highest BCUT2D eigenvalue weighted by atomic mass is 19.4. The van der Waals surface area contributed by atoms with Crippen molar-refractivity contribution < 1.29 is 22.4 Å². The number of nitrogens with zero attached hydrogens (tertiary/aromatic N) is 4. The van der Waals surface area contributed by atoms with E-state index in [-0.39, 0.29) is 5.75 Å². The zero-order valence-electron chi connectivity index (χ0n) is 16.2. The number of guanidine groups is 1. The lowest BCUT2D eigenvalue weighted by Gasteiger charge is -2.36. The summed E-state index contributed by atoms with van der Waals surface area (Å²) in [6.45, 7) is 3.25. The predicted octanol–water partition coefficient (Wildman–Crippen LogP) is 2.51. The summed E-state index contributed by atoms with van der Waals surface area (Å²) in [7, 11) is 1.72. The van der Waals surface area contributed by atoms with E-state index in [0.717, 1.165) is 49.9 Å². The van der Waals surface area contributed by atoms with Gasteiger partial charge in [0.1, 0.15) is 12.0 Å². The number of piperazine rings is 1. The van der Waals surface area contributed by atoms with Gasteiger partial charge in [-0.1, -0.05) is 17.3 Å². The molecule has 1 aliphatic heterocycles. The third kappa shape index (κ3) is 6.67. The van der Waals surface area contributed by atoms with E-state index in [1.54, 1.807) is 25.4 Å². The highest BCUT2D eigenvalue weighted by Gasteiger charge is 2.28. The Hall–Kier alpha value is -2.75. The van der Waals surface area contributed by atoms with E-state index in [4.69, 9.17) is 9.26 Å². The summed E-state index contributed by atoms with van der Waals surface area (Å²) in [5.74, 6) is 0.950. The molecule has 7 nitrogen and oxygen atoms in total. The SMILES string of the molecule is CN=C(NCc1cccc(OCC(F)(F)F)c1)N1CCN(Cc2ccon2)CC1. The molecule has 0 radical (unpaired) electrons. The maximum atomic E-state index is 12.3. The van der Waals surface area contributed by atoms with Crippen LogP contribution < -0.4 is 10.1 Å². The second kappa shape index (κ2) is 9.64. The number of halogens is 3. The van der Waals surface area contributed by atoms with Gasteiger partial charge in [0.2, 0.25) is 0 Å². The van der Waals surface area contributed by atoms with Crippen LogP contribution in [0.5, 0.6) is 5.75 Å². The summed E-state index contributed by atoms with van der Waals surface area (Å²) in [5, 5.41) is 7.21. The Balaban J connectivity index is 1.47. The summed E-state index contributed by atoms with van der Waals surface area (Å²) in [6.07, 6.45) is -2.79. The van der Waals surface area contributed by atoms with Gasteiger partial charge in [0, 0.05) is 52.4 Å². The molecule has 0 aliphatic carbocycles. The standard InChI is InChI=1S/C19H24F3N5O2/c1-23-18(27-8-6-26(7-9-27)13-16-5-10-29-25-16)24-12-15-3-2-4-17(11-15)28-14-19(20,21)22/h2-5,10-11H,6-9,12-14H2,1H3,(H,23,24). The molecule has 0 atom stereocenters. The second-order valence-electron chi connectivity index (χ2n) is 6.71. The molecule has 0 amide bonds. The number of alkyl halides is 3. The molecule has 0 unspecified atom stereocenters. The molecule has 3 rings (SSSR count). The van der Waals surface area contributed by atoms with Crippen molar-refractivity contribution in [1.82, 2.24) is 20.3 Å². The minimum absolute atomic E-state index is 0.193. The lowest BCUT2D eigenvalue weighted by Crippen LogP contribution is -2.52. The van der Waals surface area contributed by atoms with Gasteiger partial charge in [0.25, 0.3) is 0 Å². The smallest absolute Gasteiger partial charge is 0.422 e. The normalized spacial score (nSPS) is 16.1. The molecule has 0 saturated carbocycles. The predicted molar refractivity (Wildman–Crippen MR) is 102 cm³/mol. The largest absolute Gasteiger partial charge is 0.484 e. The molecule has 1 aromatic heterocycles. The quantitative estimate of drug-likeness (QED) is 0.582. The van der Waals surface area contributed by atoms with Crippen molar-refractivity contribution in [3.63, 3.8) is 0 Å². The molecule has 0 bridgehead atoms. The molecular formula is C19H24F3N5O2. The first-order chi connectivity index (χ1) is 13.9. The number of nitrogens with one attached hydrogen (secondary N) is 1. The van der Waals surface area contributed by atoms with Crippen LogP contribution in [-0.2, 0) is 13.1 Å². The van der Waals surface area contributed by atoms with Crippen molar-refractivity contribution in [1.29, 1.82) is 0 Å². The molecule has 1 aromatic carbocycles. The highest BCUT2D eigenvalue weighted by Crippen LogP contribution is 2.19. The maximum Gasteiger partial charge on any atom is 0.422 e. The van der Waals surface area contributed by atoms with Crippen LogP contribution in [0.1, 0.15) is 11.3 Å². The van der Waals surface area contributed by atoms with E-state index in [9.17, 15) is 13.2 Å². The average molecular weight is 411 g/mol. The van der Waals surface area contributed by atoms with Crippen LogP contribution in [0.3, 0.4) is 0 Å².